The summed E-state index contributed by atoms with van der Waals surface area (Å²) in [5, 5.41) is 5.59. The van der Waals surface area contributed by atoms with Crippen LogP contribution >= 0.6 is 43.2 Å². The lowest BCUT2D eigenvalue weighted by Crippen LogP contribution is -2.37. The average molecular weight is 676 g/mol. The molecule has 1 saturated heterocycles. The van der Waals surface area contributed by atoms with Crippen LogP contribution in [0.25, 0.3) is 0 Å². The number of hydrogen-bond donors (Lipinski definition) is 2. The van der Waals surface area contributed by atoms with Crippen molar-refractivity contribution >= 4 is 67.1 Å². The fourth-order valence-electron chi connectivity index (χ4n) is 4.55. The van der Waals surface area contributed by atoms with Crippen LogP contribution in [-0.4, -0.2) is 77.5 Å². The van der Waals surface area contributed by atoms with E-state index in [2.05, 4.69) is 53.2 Å². The normalized spacial score (nSPS) is 16.1. The standard InChI is InChI=1S/C30H53N5O4S4/c1-5-9-11-24(7-3)22-42-40-19-17-38-29(36)32-26-14-16-35(21-26)27-13-15-31-28(33-27)34-30(37)39-18-20-41-43-23-25(8-4)12-10-6-2/h13,15,24-26H,5-12,14,16-23H2,1-4H3,(H,32,36)(H,31,33,34,37)/t24-,25+,26-/m0/s1. The van der Waals surface area contributed by atoms with Gasteiger partial charge in [0.1, 0.15) is 19.0 Å². The number of carbonyl (C=O) groups is 2. The molecule has 2 amide bonds. The molecule has 1 aliphatic heterocycles. The lowest BCUT2D eigenvalue weighted by molar-refractivity contribution is 0.150. The first-order valence-corrected chi connectivity index (χ1v) is 20.9. The van der Waals surface area contributed by atoms with Crippen LogP contribution in [-0.2, 0) is 9.47 Å². The monoisotopic (exact) mass is 675 g/mol. The minimum atomic E-state index is -0.556. The first kappa shape index (κ1) is 38.0. The van der Waals surface area contributed by atoms with Gasteiger partial charge in [-0.05, 0) is 37.2 Å². The lowest BCUT2D eigenvalue weighted by Gasteiger charge is -2.18. The highest BCUT2D eigenvalue weighted by atomic mass is 33.1. The molecule has 43 heavy (non-hydrogen) atoms. The summed E-state index contributed by atoms with van der Waals surface area (Å²) in [5.74, 6) is 6.26. The first-order valence-electron chi connectivity index (χ1n) is 15.9. The zero-order valence-electron chi connectivity index (χ0n) is 26.5. The van der Waals surface area contributed by atoms with Crippen LogP contribution in [0.2, 0.25) is 0 Å². The summed E-state index contributed by atoms with van der Waals surface area (Å²) in [5.41, 5.74) is 0. The maximum Gasteiger partial charge on any atom is 0.414 e. The number of nitrogens with zero attached hydrogens (tertiary/aromatic N) is 3. The molecule has 1 aromatic rings. The molecule has 0 saturated carbocycles. The highest BCUT2D eigenvalue weighted by Gasteiger charge is 2.25. The van der Waals surface area contributed by atoms with Crippen molar-refractivity contribution in [2.45, 2.75) is 91.5 Å². The van der Waals surface area contributed by atoms with Gasteiger partial charge in [-0.3, -0.25) is 5.32 Å². The molecule has 2 rings (SSSR count). The maximum absolute atomic E-state index is 12.3. The molecule has 1 aromatic heterocycles. The van der Waals surface area contributed by atoms with E-state index in [9.17, 15) is 9.59 Å². The van der Waals surface area contributed by atoms with E-state index in [0.29, 0.717) is 25.6 Å². The van der Waals surface area contributed by atoms with E-state index in [-0.39, 0.29) is 18.1 Å². The Balaban J connectivity index is 1.59. The van der Waals surface area contributed by atoms with Crippen molar-refractivity contribution in [3.63, 3.8) is 0 Å². The number of aromatic nitrogens is 2. The third-order valence-corrected chi connectivity index (χ3v) is 12.4. The molecule has 1 aliphatic rings. The molecule has 13 heteroatoms. The Morgan fingerprint density at radius 3 is 2.12 bits per heavy atom. The molecule has 2 N–H and O–H groups in total. The van der Waals surface area contributed by atoms with Crippen LogP contribution in [0, 0.1) is 11.8 Å². The van der Waals surface area contributed by atoms with E-state index in [4.69, 9.17) is 9.47 Å². The average Bonchev–Trinajstić information content (AvgIpc) is 3.48. The highest BCUT2D eigenvalue weighted by molar-refractivity contribution is 8.77. The smallest absolute Gasteiger partial charge is 0.414 e. The lowest BCUT2D eigenvalue weighted by atomic mass is 10.0. The van der Waals surface area contributed by atoms with Gasteiger partial charge in [0, 0.05) is 42.3 Å². The predicted molar refractivity (Wildman–Crippen MR) is 189 cm³/mol. The summed E-state index contributed by atoms with van der Waals surface area (Å²) >= 11 is 0. The van der Waals surface area contributed by atoms with Crippen LogP contribution in [0.1, 0.15) is 85.5 Å². The van der Waals surface area contributed by atoms with Crippen molar-refractivity contribution in [3.8, 4) is 0 Å². The van der Waals surface area contributed by atoms with Crippen molar-refractivity contribution in [2.24, 2.45) is 11.8 Å². The summed E-state index contributed by atoms with van der Waals surface area (Å²) in [6.07, 6.45) is 11.6. The van der Waals surface area contributed by atoms with E-state index < -0.39 is 6.09 Å². The number of nitrogens with one attached hydrogen (secondary N) is 2. The Kier molecular flexibility index (Phi) is 21.3. The number of carbonyl (C=O) groups excluding carboxylic acids is 2. The minimum absolute atomic E-state index is 0.0237. The number of amides is 2. The van der Waals surface area contributed by atoms with Gasteiger partial charge in [-0.1, -0.05) is 109 Å². The molecule has 0 aromatic carbocycles. The molecular formula is C30H53N5O4S4. The van der Waals surface area contributed by atoms with Crippen molar-refractivity contribution in [1.82, 2.24) is 15.3 Å². The number of rotatable bonds is 23. The van der Waals surface area contributed by atoms with Gasteiger partial charge in [-0.25, -0.2) is 14.6 Å². The summed E-state index contributed by atoms with van der Waals surface area (Å²) in [4.78, 5) is 35.2. The van der Waals surface area contributed by atoms with E-state index in [1.54, 1.807) is 33.9 Å². The third-order valence-electron chi connectivity index (χ3n) is 7.35. The van der Waals surface area contributed by atoms with Crippen molar-refractivity contribution < 1.29 is 19.1 Å². The molecular weight excluding hydrogens is 623 g/mol. The van der Waals surface area contributed by atoms with E-state index in [1.807, 2.05) is 21.6 Å². The van der Waals surface area contributed by atoms with Gasteiger partial charge in [0.15, 0.2) is 0 Å². The zero-order valence-corrected chi connectivity index (χ0v) is 29.8. The Morgan fingerprint density at radius 2 is 1.53 bits per heavy atom. The van der Waals surface area contributed by atoms with Crippen molar-refractivity contribution in [1.29, 1.82) is 0 Å². The molecule has 3 atom stereocenters. The maximum atomic E-state index is 12.3. The van der Waals surface area contributed by atoms with Gasteiger partial charge in [-0.15, -0.1) is 0 Å². The van der Waals surface area contributed by atoms with Crippen LogP contribution in [0.3, 0.4) is 0 Å². The summed E-state index contributed by atoms with van der Waals surface area (Å²) in [7, 11) is 7.27. The van der Waals surface area contributed by atoms with E-state index >= 15 is 0 Å². The Bertz CT molecular complexity index is 904. The summed E-state index contributed by atoms with van der Waals surface area (Å²) < 4.78 is 10.7. The molecule has 2 heterocycles. The Labute approximate surface area is 275 Å². The molecule has 0 aliphatic carbocycles. The van der Waals surface area contributed by atoms with Crippen LogP contribution in [0.15, 0.2) is 12.3 Å². The van der Waals surface area contributed by atoms with E-state index in [0.717, 1.165) is 47.8 Å². The van der Waals surface area contributed by atoms with Gasteiger partial charge in [0.2, 0.25) is 5.95 Å². The van der Waals surface area contributed by atoms with Crippen molar-refractivity contribution in [3.05, 3.63) is 12.3 Å². The summed E-state index contributed by atoms with van der Waals surface area (Å²) in [6, 6.07) is 1.78. The van der Waals surface area contributed by atoms with Gasteiger partial charge in [0.05, 0.1) is 6.04 Å². The second kappa shape index (κ2) is 24.1. The number of unbranched alkanes of at least 4 members (excludes halogenated alkanes) is 2. The largest absolute Gasteiger partial charge is 0.449 e. The molecule has 246 valence electrons. The molecule has 0 spiro atoms. The fraction of sp³-hybridized carbons (Fsp3) is 0.800. The second-order valence-electron chi connectivity index (χ2n) is 10.8. The van der Waals surface area contributed by atoms with Gasteiger partial charge in [0.25, 0.3) is 0 Å². The highest BCUT2D eigenvalue weighted by Crippen LogP contribution is 2.28. The number of ether oxygens (including phenoxy) is 2. The number of hydrogen-bond acceptors (Lipinski definition) is 11. The number of alkyl carbamates (subject to hydrolysis) is 1. The topological polar surface area (TPSA) is 106 Å². The molecule has 0 unspecified atom stereocenters. The first-order chi connectivity index (χ1) is 21.0. The zero-order chi connectivity index (χ0) is 31.1. The molecule has 0 bridgehead atoms. The molecule has 9 nitrogen and oxygen atoms in total. The second-order valence-corrected chi connectivity index (χ2v) is 16.0. The Morgan fingerprint density at radius 1 is 0.930 bits per heavy atom. The SMILES string of the molecule is CCCC[C@@H](CC)CSSCCOC(=O)Nc1nccc(N2CC[C@H](NC(=O)OCCSSC[C@@H](CC)CCCC)C2)n1. The van der Waals surface area contributed by atoms with Crippen LogP contribution in [0.5, 0.6) is 0 Å². The van der Waals surface area contributed by atoms with E-state index in [1.165, 1.54) is 51.4 Å². The fourth-order valence-corrected chi connectivity index (χ4v) is 9.31. The van der Waals surface area contributed by atoms with Gasteiger partial charge < -0.3 is 19.7 Å². The van der Waals surface area contributed by atoms with Crippen LogP contribution in [0.4, 0.5) is 21.4 Å². The quantitative estimate of drug-likeness (QED) is 0.0861. The Hall–Kier alpha value is -1.18. The molecule has 1 fully saturated rings. The van der Waals surface area contributed by atoms with Crippen molar-refractivity contribution in [2.75, 3.05) is 59.5 Å². The summed E-state index contributed by atoms with van der Waals surface area (Å²) in [6.45, 7) is 11.1. The number of anilines is 2. The third kappa shape index (κ3) is 17.2. The minimum Gasteiger partial charge on any atom is -0.449 e. The predicted octanol–water partition coefficient (Wildman–Crippen LogP) is 8.53. The molecule has 0 radical (unpaired) electrons. The van der Waals surface area contributed by atoms with Crippen LogP contribution < -0.4 is 15.5 Å². The van der Waals surface area contributed by atoms with Gasteiger partial charge in [-0.2, -0.15) is 4.98 Å². The van der Waals surface area contributed by atoms with Gasteiger partial charge >= 0.3 is 12.2 Å².